The number of ether oxygens (including phenoxy) is 1. The molecule has 0 spiro atoms. The third kappa shape index (κ3) is 2.58. The lowest BCUT2D eigenvalue weighted by Gasteiger charge is -2.32. The predicted molar refractivity (Wildman–Crippen MR) is 97.5 cm³/mol. The SMILES string of the molecule is COc1ccccc1C1(C2=CC([Si](C)(C)C)C=C2)CCCC1. The first kappa shape index (κ1) is 15.6. The van der Waals surface area contributed by atoms with Gasteiger partial charge in [-0.2, -0.15) is 0 Å². The highest BCUT2D eigenvalue weighted by atomic mass is 28.3. The van der Waals surface area contributed by atoms with Crippen molar-refractivity contribution in [3.63, 3.8) is 0 Å². The Kier molecular flexibility index (Phi) is 4.07. The van der Waals surface area contributed by atoms with Crippen LogP contribution in [0.5, 0.6) is 5.75 Å². The molecule has 1 atom stereocenters. The molecule has 2 heteroatoms. The monoisotopic (exact) mass is 312 g/mol. The number of hydrogen-bond donors (Lipinski definition) is 0. The number of hydrogen-bond acceptors (Lipinski definition) is 1. The van der Waals surface area contributed by atoms with Gasteiger partial charge < -0.3 is 4.74 Å². The molecule has 1 aromatic carbocycles. The second kappa shape index (κ2) is 5.73. The van der Waals surface area contributed by atoms with Crippen molar-refractivity contribution in [1.29, 1.82) is 0 Å². The minimum absolute atomic E-state index is 0.178. The van der Waals surface area contributed by atoms with E-state index in [4.69, 9.17) is 4.74 Å². The van der Waals surface area contributed by atoms with Crippen LogP contribution in [0.4, 0.5) is 0 Å². The van der Waals surface area contributed by atoms with Gasteiger partial charge in [-0.3, -0.25) is 0 Å². The van der Waals surface area contributed by atoms with E-state index in [1.807, 2.05) is 0 Å². The van der Waals surface area contributed by atoms with E-state index in [0.717, 1.165) is 5.75 Å². The molecule has 3 rings (SSSR count). The molecule has 1 fully saturated rings. The van der Waals surface area contributed by atoms with Crippen LogP contribution in [0.15, 0.2) is 48.1 Å². The third-order valence-electron chi connectivity index (χ3n) is 5.47. The Morgan fingerprint density at radius 2 is 1.77 bits per heavy atom. The van der Waals surface area contributed by atoms with Gasteiger partial charge >= 0.3 is 0 Å². The van der Waals surface area contributed by atoms with Gasteiger partial charge in [-0.05, 0) is 30.0 Å². The fraction of sp³-hybridized carbons (Fsp3) is 0.500. The van der Waals surface area contributed by atoms with E-state index in [1.165, 1.54) is 31.2 Å². The first-order valence-corrected chi connectivity index (χ1v) is 12.1. The largest absolute Gasteiger partial charge is 0.496 e. The van der Waals surface area contributed by atoms with E-state index >= 15 is 0 Å². The minimum atomic E-state index is -1.17. The Balaban J connectivity index is 2.06. The van der Waals surface area contributed by atoms with Gasteiger partial charge in [-0.15, -0.1) is 0 Å². The van der Waals surface area contributed by atoms with Gasteiger partial charge in [0.25, 0.3) is 0 Å². The molecule has 0 aromatic heterocycles. The highest BCUT2D eigenvalue weighted by molar-refractivity contribution is 6.78. The van der Waals surface area contributed by atoms with E-state index in [1.54, 1.807) is 12.7 Å². The third-order valence-corrected chi connectivity index (χ3v) is 7.83. The van der Waals surface area contributed by atoms with Crippen LogP contribution in [0.2, 0.25) is 25.2 Å². The normalized spacial score (nSPS) is 23.6. The number of para-hydroxylation sites is 1. The summed E-state index contributed by atoms with van der Waals surface area (Å²) in [6, 6.07) is 8.63. The molecule has 2 aliphatic carbocycles. The van der Waals surface area contributed by atoms with Crippen molar-refractivity contribution in [2.75, 3.05) is 7.11 Å². The molecule has 0 bridgehead atoms. The van der Waals surface area contributed by atoms with Crippen molar-refractivity contribution in [2.45, 2.75) is 56.3 Å². The number of allylic oxidation sites excluding steroid dienone is 4. The number of benzene rings is 1. The first-order valence-electron chi connectivity index (χ1n) is 8.51. The van der Waals surface area contributed by atoms with Gasteiger partial charge in [0.05, 0.1) is 15.2 Å². The summed E-state index contributed by atoms with van der Waals surface area (Å²) in [5, 5.41) is 0. The van der Waals surface area contributed by atoms with Crippen molar-refractivity contribution in [2.24, 2.45) is 0 Å². The predicted octanol–water partition coefficient (Wildman–Crippen LogP) is 5.71. The molecule has 2 aliphatic rings. The fourth-order valence-corrected chi connectivity index (χ4v) is 5.45. The van der Waals surface area contributed by atoms with E-state index in [0.29, 0.717) is 5.54 Å². The van der Waals surface area contributed by atoms with Crippen LogP contribution in [0.1, 0.15) is 31.2 Å². The number of methoxy groups -OCH3 is 1. The maximum absolute atomic E-state index is 5.69. The standard InChI is InChI=1S/C20H28OSi/c1-21-19-10-6-5-9-18(19)20(13-7-8-14-20)16-11-12-17(15-16)22(2,3)4/h5-6,9-12,15,17H,7-8,13-14H2,1-4H3. The molecule has 1 unspecified atom stereocenters. The van der Waals surface area contributed by atoms with E-state index in [9.17, 15) is 0 Å². The van der Waals surface area contributed by atoms with Gasteiger partial charge in [0, 0.05) is 11.0 Å². The molecule has 0 aliphatic heterocycles. The summed E-state index contributed by atoms with van der Waals surface area (Å²) < 4.78 is 5.69. The summed E-state index contributed by atoms with van der Waals surface area (Å²) in [6.07, 6.45) is 12.6. The highest BCUT2D eigenvalue weighted by Crippen LogP contribution is 2.52. The van der Waals surface area contributed by atoms with Crippen LogP contribution in [0.3, 0.4) is 0 Å². The van der Waals surface area contributed by atoms with Gasteiger partial charge in [-0.25, -0.2) is 0 Å². The molecule has 22 heavy (non-hydrogen) atoms. The lowest BCUT2D eigenvalue weighted by Crippen LogP contribution is -2.26. The second-order valence-corrected chi connectivity index (χ2v) is 13.3. The summed E-state index contributed by atoms with van der Waals surface area (Å²) >= 11 is 0. The van der Waals surface area contributed by atoms with Crippen molar-refractivity contribution in [1.82, 2.24) is 0 Å². The summed E-state index contributed by atoms with van der Waals surface area (Å²) in [4.78, 5) is 0. The Bertz CT molecular complexity index is 600. The average molecular weight is 313 g/mol. The van der Waals surface area contributed by atoms with Crippen LogP contribution >= 0.6 is 0 Å². The molecule has 0 radical (unpaired) electrons. The molecular weight excluding hydrogens is 284 g/mol. The van der Waals surface area contributed by atoms with Gasteiger partial charge in [0.1, 0.15) is 5.75 Å². The zero-order chi connectivity index (χ0) is 15.8. The smallest absolute Gasteiger partial charge is 0.122 e. The van der Waals surface area contributed by atoms with Crippen molar-refractivity contribution < 1.29 is 4.74 Å². The van der Waals surface area contributed by atoms with Gasteiger partial charge in [0.15, 0.2) is 0 Å². The Labute approximate surface area is 136 Å². The average Bonchev–Trinajstić information content (AvgIpc) is 3.16. The zero-order valence-electron chi connectivity index (χ0n) is 14.4. The highest BCUT2D eigenvalue weighted by Gasteiger charge is 2.42. The molecule has 0 amide bonds. The molecule has 0 N–H and O–H groups in total. The minimum Gasteiger partial charge on any atom is -0.496 e. The fourth-order valence-electron chi connectivity index (χ4n) is 4.10. The summed E-state index contributed by atoms with van der Waals surface area (Å²) in [5.41, 5.74) is 3.79. The molecule has 0 heterocycles. The van der Waals surface area contributed by atoms with Gasteiger partial charge in [-0.1, -0.05) is 68.9 Å². The molecule has 1 nitrogen and oxygen atoms in total. The maximum Gasteiger partial charge on any atom is 0.122 e. The molecule has 1 saturated carbocycles. The molecular formula is C20H28OSi. The van der Waals surface area contributed by atoms with Gasteiger partial charge in [0.2, 0.25) is 0 Å². The maximum atomic E-state index is 5.69. The second-order valence-electron chi connectivity index (χ2n) is 7.86. The summed E-state index contributed by atoms with van der Waals surface area (Å²) in [7, 11) is 0.630. The lowest BCUT2D eigenvalue weighted by atomic mass is 9.72. The molecule has 1 aromatic rings. The first-order chi connectivity index (χ1) is 10.5. The van der Waals surface area contributed by atoms with Crippen molar-refractivity contribution >= 4 is 8.07 Å². The number of rotatable bonds is 4. The Hall–Kier alpha value is -1.28. The van der Waals surface area contributed by atoms with Crippen LogP contribution < -0.4 is 4.74 Å². The van der Waals surface area contributed by atoms with Crippen LogP contribution in [-0.2, 0) is 5.41 Å². The quantitative estimate of drug-likeness (QED) is 0.647. The Morgan fingerprint density at radius 3 is 2.36 bits per heavy atom. The summed E-state index contributed by atoms with van der Waals surface area (Å²) in [6.45, 7) is 7.39. The van der Waals surface area contributed by atoms with Crippen molar-refractivity contribution in [3.8, 4) is 5.75 Å². The Morgan fingerprint density at radius 1 is 1.09 bits per heavy atom. The summed E-state index contributed by atoms with van der Waals surface area (Å²) in [5.74, 6) is 1.05. The van der Waals surface area contributed by atoms with Crippen LogP contribution in [-0.4, -0.2) is 15.2 Å². The van der Waals surface area contributed by atoms with Crippen LogP contribution in [0.25, 0.3) is 0 Å². The molecule has 118 valence electrons. The zero-order valence-corrected chi connectivity index (χ0v) is 15.4. The van der Waals surface area contributed by atoms with Crippen molar-refractivity contribution in [3.05, 3.63) is 53.6 Å². The molecule has 0 saturated heterocycles. The lowest BCUT2D eigenvalue weighted by molar-refractivity contribution is 0.393. The van der Waals surface area contributed by atoms with E-state index in [-0.39, 0.29) is 5.41 Å². The van der Waals surface area contributed by atoms with E-state index in [2.05, 4.69) is 62.1 Å². The topological polar surface area (TPSA) is 9.23 Å². The van der Waals surface area contributed by atoms with E-state index < -0.39 is 8.07 Å². The van der Waals surface area contributed by atoms with Crippen LogP contribution in [0, 0.1) is 0 Å².